The molecule has 364 valence electrons. The minimum absolute atomic E-state index is 0.0198. The number of hydrogen-bond donors (Lipinski definition) is 1. The van der Waals surface area contributed by atoms with Crippen LogP contribution in [0.4, 0.5) is 0 Å². The molecule has 0 aliphatic rings. The Bertz CT molecular complexity index is 1560. The molecule has 2 aromatic rings. The molecule has 11 nitrogen and oxygen atoms in total. The predicted molar refractivity (Wildman–Crippen MR) is 254 cm³/mol. The average Bonchev–Trinajstić information content (AvgIpc) is 3.72. The fourth-order valence-corrected chi connectivity index (χ4v) is 8.48. The predicted octanol–water partition coefficient (Wildman–Crippen LogP) is 13.4. The van der Waals surface area contributed by atoms with E-state index in [1.54, 1.807) is 0 Å². The molecule has 2 unspecified atom stereocenters. The summed E-state index contributed by atoms with van der Waals surface area (Å²) in [5.41, 5.74) is 3.95. The molecule has 0 amide bonds. The van der Waals surface area contributed by atoms with E-state index in [1.807, 2.05) is 21.1 Å². The number of carbonyl (C=O) groups is 2. The summed E-state index contributed by atoms with van der Waals surface area (Å²) < 4.78 is 46.9. The van der Waals surface area contributed by atoms with Crippen LogP contribution < -0.4 is 0 Å². The number of nitrogens with zero attached hydrogens (tertiary/aromatic N) is 1. The molecule has 2 atom stereocenters. The lowest BCUT2D eigenvalue weighted by Crippen LogP contribution is -2.37. The molecule has 0 saturated heterocycles. The van der Waals surface area contributed by atoms with Crippen LogP contribution in [-0.2, 0) is 58.4 Å². The van der Waals surface area contributed by atoms with Gasteiger partial charge in [0.15, 0.2) is 6.10 Å². The lowest BCUT2D eigenvalue weighted by Gasteiger charge is -2.24. The molecule has 0 bridgehead atoms. The molecule has 0 fully saturated rings. The third-order valence-electron chi connectivity index (χ3n) is 12.0. The third-order valence-corrected chi connectivity index (χ3v) is 13.0. The number of rotatable bonds is 40. The van der Waals surface area contributed by atoms with Crippen LogP contribution in [0.1, 0.15) is 208 Å². The van der Waals surface area contributed by atoms with Gasteiger partial charge < -0.3 is 27.7 Å². The molecule has 12 heteroatoms. The topological polar surface area (TPSA) is 135 Å². The molecule has 0 spiro atoms. The number of esters is 2. The summed E-state index contributed by atoms with van der Waals surface area (Å²) in [7, 11) is 1.44. The van der Waals surface area contributed by atoms with Gasteiger partial charge in [-0.1, -0.05) is 117 Å². The van der Waals surface area contributed by atoms with Crippen molar-refractivity contribution in [3.05, 3.63) is 45.8 Å². The summed E-state index contributed by atoms with van der Waals surface area (Å²) in [4.78, 5) is 35.7. The fraction of sp³-hybridized carbons (Fsp3) is 0.804. The first-order valence-corrected chi connectivity index (χ1v) is 26.6. The van der Waals surface area contributed by atoms with Crippen LogP contribution in [0.5, 0.6) is 0 Å². The van der Waals surface area contributed by atoms with E-state index >= 15 is 0 Å². The number of phosphoric ester groups is 1. The van der Waals surface area contributed by atoms with Crippen molar-refractivity contribution in [1.82, 2.24) is 0 Å². The highest BCUT2D eigenvalue weighted by atomic mass is 31.2. The van der Waals surface area contributed by atoms with Gasteiger partial charge in [0.2, 0.25) is 0 Å². The Balaban J connectivity index is 1.62. The van der Waals surface area contributed by atoms with E-state index in [4.69, 9.17) is 27.4 Å². The van der Waals surface area contributed by atoms with Crippen LogP contribution in [0, 0.1) is 20.8 Å². The second kappa shape index (κ2) is 33.1. The molecule has 0 radical (unpaired) electrons. The van der Waals surface area contributed by atoms with Crippen LogP contribution in [0.25, 0.3) is 0 Å². The number of ether oxygens (including phenoxy) is 2. The van der Waals surface area contributed by atoms with Gasteiger partial charge in [0.05, 0.1) is 27.7 Å². The summed E-state index contributed by atoms with van der Waals surface area (Å²) in [6.07, 6.45) is 27.9. The van der Waals surface area contributed by atoms with Crippen molar-refractivity contribution in [3.8, 4) is 0 Å². The second-order valence-electron chi connectivity index (χ2n) is 19.0. The Hall–Kier alpha value is -2.43. The summed E-state index contributed by atoms with van der Waals surface area (Å²) in [5, 5.41) is 0. The highest BCUT2D eigenvalue weighted by Crippen LogP contribution is 2.43. The minimum Gasteiger partial charge on any atom is -0.466 e. The largest absolute Gasteiger partial charge is 0.472 e. The summed E-state index contributed by atoms with van der Waals surface area (Å²) >= 11 is 0. The fourth-order valence-electron chi connectivity index (χ4n) is 7.74. The van der Waals surface area contributed by atoms with E-state index in [0.29, 0.717) is 17.4 Å². The van der Waals surface area contributed by atoms with E-state index < -0.39 is 26.5 Å². The normalized spacial score (nSPS) is 13.3. The standard InChI is InChI=1S/C51H90NO10P/c1-9-11-25-31-45-39-42(3)47(60-45)32-27-21-19-20-24-30-36-51(54)61-46(41-59-63(55,56)58-38-37-52(6,7)8)40-57-50(53)35-29-23-18-16-14-13-15-17-22-28-34-49-44(5)43(4)48(62-49)33-26-12-10-2/h39,46H,9-38,40-41H2,1-8H3/p+1. The van der Waals surface area contributed by atoms with E-state index in [1.165, 1.54) is 105 Å². The Morgan fingerprint density at radius 1 is 0.603 bits per heavy atom. The lowest BCUT2D eigenvalue weighted by molar-refractivity contribution is -0.870. The molecule has 2 heterocycles. The number of phosphoric acid groups is 1. The van der Waals surface area contributed by atoms with Crippen molar-refractivity contribution in [1.29, 1.82) is 0 Å². The van der Waals surface area contributed by atoms with Crippen molar-refractivity contribution in [2.24, 2.45) is 0 Å². The van der Waals surface area contributed by atoms with Gasteiger partial charge >= 0.3 is 19.8 Å². The van der Waals surface area contributed by atoms with Gasteiger partial charge in [-0.25, -0.2) is 4.57 Å². The smallest absolute Gasteiger partial charge is 0.466 e. The van der Waals surface area contributed by atoms with Crippen molar-refractivity contribution in [2.75, 3.05) is 47.5 Å². The first-order valence-electron chi connectivity index (χ1n) is 25.1. The number of hydrogen-bond acceptors (Lipinski definition) is 9. The number of unbranched alkanes of at least 4 members (excludes halogenated alkanes) is 18. The summed E-state index contributed by atoms with van der Waals surface area (Å²) in [6, 6.07) is 2.19. The average molecular weight is 909 g/mol. The maximum atomic E-state index is 12.8. The quantitative estimate of drug-likeness (QED) is 0.0298. The molecule has 1 N–H and O–H groups in total. The highest BCUT2D eigenvalue weighted by Gasteiger charge is 2.27. The Morgan fingerprint density at radius 3 is 1.59 bits per heavy atom. The molecule has 0 saturated carbocycles. The number of likely N-dealkylation sites (N-methyl/N-ethyl adjacent to an activating group) is 1. The molecule has 2 rings (SSSR count). The van der Waals surface area contributed by atoms with Gasteiger partial charge in [-0.15, -0.1) is 0 Å². The van der Waals surface area contributed by atoms with E-state index in [-0.39, 0.29) is 32.0 Å². The maximum absolute atomic E-state index is 12.8. The monoisotopic (exact) mass is 909 g/mol. The molecular weight excluding hydrogens is 818 g/mol. The van der Waals surface area contributed by atoms with Crippen molar-refractivity contribution in [3.63, 3.8) is 0 Å². The van der Waals surface area contributed by atoms with Crippen LogP contribution in [0.3, 0.4) is 0 Å². The van der Waals surface area contributed by atoms with Crippen molar-refractivity contribution >= 4 is 19.8 Å². The van der Waals surface area contributed by atoms with Crippen molar-refractivity contribution < 1.29 is 50.9 Å². The Labute approximate surface area is 383 Å². The molecule has 2 aromatic heterocycles. The van der Waals surface area contributed by atoms with E-state index in [0.717, 1.165) is 95.0 Å². The number of aryl methyl sites for hydroxylation is 5. The zero-order valence-corrected chi connectivity index (χ0v) is 42.2. The van der Waals surface area contributed by atoms with Crippen LogP contribution >= 0.6 is 7.82 Å². The number of carbonyl (C=O) groups excluding carboxylic acids is 2. The highest BCUT2D eigenvalue weighted by molar-refractivity contribution is 7.47. The van der Waals surface area contributed by atoms with Gasteiger partial charge in [-0.3, -0.25) is 18.6 Å². The first kappa shape index (κ1) is 56.7. The molecule has 0 aromatic carbocycles. The lowest BCUT2D eigenvalue weighted by atomic mass is 10.0. The van der Waals surface area contributed by atoms with Crippen LogP contribution in [0.15, 0.2) is 14.9 Å². The SMILES string of the molecule is CCCCCc1cc(C)c(CCCCCCCCC(=O)OC(COC(=O)CCCCCCCCCCCCc2oc(CCCCC)c(C)c2C)COP(=O)(O)OCC[N+](C)(C)C)o1. The van der Waals surface area contributed by atoms with Gasteiger partial charge in [-0.2, -0.15) is 0 Å². The number of furan rings is 2. The summed E-state index contributed by atoms with van der Waals surface area (Å²) in [5.74, 6) is 3.76. The van der Waals surface area contributed by atoms with Gasteiger partial charge in [0.25, 0.3) is 0 Å². The second-order valence-corrected chi connectivity index (χ2v) is 20.4. The van der Waals surface area contributed by atoms with E-state index in [9.17, 15) is 19.0 Å². The van der Waals surface area contributed by atoms with Crippen LogP contribution in [-0.4, -0.2) is 74.9 Å². The Kier molecular flexibility index (Phi) is 29.8. The van der Waals surface area contributed by atoms with Gasteiger partial charge in [-0.05, 0) is 82.1 Å². The van der Waals surface area contributed by atoms with E-state index in [2.05, 4.69) is 40.7 Å². The molecule has 63 heavy (non-hydrogen) atoms. The third kappa shape index (κ3) is 27.6. The number of quaternary nitrogens is 1. The molecular formula is C51H91NO10P+. The van der Waals surface area contributed by atoms with Gasteiger partial charge in [0, 0.05) is 38.5 Å². The zero-order chi connectivity index (χ0) is 46.4. The van der Waals surface area contributed by atoms with Crippen LogP contribution in [0.2, 0.25) is 0 Å². The molecule has 0 aliphatic heterocycles. The zero-order valence-electron chi connectivity index (χ0n) is 41.3. The van der Waals surface area contributed by atoms with Crippen molar-refractivity contribution in [2.45, 2.75) is 221 Å². The molecule has 0 aliphatic carbocycles. The van der Waals surface area contributed by atoms with Gasteiger partial charge in [0.1, 0.15) is 42.8 Å². The first-order chi connectivity index (χ1) is 30.1. The maximum Gasteiger partial charge on any atom is 0.472 e. The Morgan fingerprint density at radius 2 is 1.06 bits per heavy atom. The summed E-state index contributed by atoms with van der Waals surface area (Å²) in [6.45, 7) is 10.8. The minimum atomic E-state index is -4.40.